The number of alkyl halides is 3. The summed E-state index contributed by atoms with van der Waals surface area (Å²) in [6.07, 6.45) is 2.00. The molecule has 0 fully saturated rings. The van der Waals surface area contributed by atoms with Crippen LogP contribution in [-0.2, 0) is 0 Å². The Hall–Kier alpha value is -2.22. The number of pyridine rings is 1. The van der Waals surface area contributed by atoms with E-state index in [1.54, 1.807) is 53.2 Å². The first-order chi connectivity index (χ1) is 15.5. The van der Waals surface area contributed by atoms with Crippen molar-refractivity contribution in [1.29, 1.82) is 0 Å². The number of fused-ring (bicyclic) bond motifs is 1. The Morgan fingerprint density at radius 1 is 1.31 bits per heavy atom. The van der Waals surface area contributed by atoms with Gasteiger partial charge in [0.2, 0.25) is 0 Å². The first-order valence-electron chi connectivity index (χ1n) is 9.83. The molecule has 0 radical (unpaired) electrons. The molecule has 1 unspecified atom stereocenters. The van der Waals surface area contributed by atoms with Gasteiger partial charge in [-0.3, -0.25) is 9.36 Å². The van der Waals surface area contributed by atoms with Gasteiger partial charge in [0, 0.05) is 5.56 Å². The van der Waals surface area contributed by atoms with Crippen LogP contribution in [0.2, 0.25) is 0 Å². The standard InChI is InChI=1S/C22H22F3N6O2.CH4.K/c1-13(26)4-3-9-27-15-5-7-18-17(10-15)29-12-31(18)19-8-6-16(14(2)32)20(30-19)21(33)28-11-22(23,24)25;;/h3-8,10,12,14,27,32H,11,26H2,1-2H3,(H,28,33);1H4;/q-1;;+1/b13-4-;;. The Balaban J connectivity index is 0.00000306. The van der Waals surface area contributed by atoms with Crippen molar-refractivity contribution in [3.05, 3.63) is 72.0 Å². The van der Waals surface area contributed by atoms with Gasteiger partial charge in [-0.1, -0.05) is 37.0 Å². The molecule has 2 heterocycles. The van der Waals surface area contributed by atoms with E-state index in [4.69, 9.17) is 5.73 Å². The first-order valence-corrected chi connectivity index (χ1v) is 9.83. The number of halogens is 3. The third-order valence-electron chi connectivity index (χ3n) is 4.47. The van der Waals surface area contributed by atoms with Gasteiger partial charge in [0.1, 0.15) is 24.4 Å². The molecule has 0 spiro atoms. The molecule has 0 aliphatic carbocycles. The number of allylic oxidation sites excluding steroid dienone is 3. The molecule has 2 aromatic heterocycles. The number of benzene rings is 1. The molecule has 35 heavy (non-hydrogen) atoms. The molecule has 0 aliphatic rings. The third kappa shape index (κ3) is 8.44. The zero-order valence-electron chi connectivity index (χ0n) is 18.8. The Morgan fingerprint density at radius 3 is 2.66 bits per heavy atom. The van der Waals surface area contributed by atoms with Crippen molar-refractivity contribution in [3.8, 4) is 5.82 Å². The fourth-order valence-electron chi connectivity index (χ4n) is 2.95. The molecule has 5 N–H and O–H groups in total. The molecule has 1 atom stereocenters. The molecule has 3 rings (SSSR count). The summed E-state index contributed by atoms with van der Waals surface area (Å²) in [6, 6.07) is 8.32. The Morgan fingerprint density at radius 2 is 2.03 bits per heavy atom. The number of carbonyl (C=O) groups excluding carboxylic acids is 1. The quantitative estimate of drug-likeness (QED) is 0.162. The van der Waals surface area contributed by atoms with Crippen molar-refractivity contribution in [3.63, 3.8) is 0 Å². The molecule has 0 saturated heterocycles. The smallest absolute Gasteiger partial charge is 0.468 e. The summed E-state index contributed by atoms with van der Waals surface area (Å²) >= 11 is 0. The van der Waals surface area contributed by atoms with E-state index in [1.807, 2.05) is 0 Å². The molecular weight excluding hydrogens is 488 g/mol. The van der Waals surface area contributed by atoms with E-state index in [2.05, 4.69) is 21.5 Å². The number of anilines is 1. The Labute approximate surface area is 243 Å². The zero-order valence-corrected chi connectivity index (χ0v) is 21.9. The number of carbonyl (C=O) groups is 1. The van der Waals surface area contributed by atoms with Gasteiger partial charge in [-0.05, 0) is 26.0 Å². The van der Waals surface area contributed by atoms with E-state index in [0.717, 1.165) is 5.69 Å². The minimum absolute atomic E-state index is 0. The van der Waals surface area contributed by atoms with Crippen LogP contribution in [0.5, 0.6) is 0 Å². The van der Waals surface area contributed by atoms with Crippen LogP contribution in [0.25, 0.3) is 16.9 Å². The van der Waals surface area contributed by atoms with E-state index in [-0.39, 0.29) is 75.9 Å². The topological polar surface area (TPSA) is 118 Å². The average molecular weight is 515 g/mol. The SMILES string of the molecule is C.C/C(N)=C/C=[C-]Nc1ccc2c(c1)ncn2-c1ccc(C(C)O)c(C(=O)NCC(F)(F)F)n1.[K+]. The molecular formula is C23H26F3KN6O2. The van der Waals surface area contributed by atoms with E-state index >= 15 is 0 Å². The van der Waals surface area contributed by atoms with Gasteiger partial charge in [-0.25, -0.2) is 9.97 Å². The number of rotatable bonds is 7. The minimum Gasteiger partial charge on any atom is -0.468 e. The van der Waals surface area contributed by atoms with Crippen molar-refractivity contribution >= 4 is 22.6 Å². The van der Waals surface area contributed by atoms with Crippen LogP contribution in [0.15, 0.2) is 54.5 Å². The second kappa shape index (κ2) is 13.2. The number of aliphatic hydroxyl groups is 1. The summed E-state index contributed by atoms with van der Waals surface area (Å²) in [5.41, 5.74) is 7.98. The number of aromatic nitrogens is 3. The predicted molar refractivity (Wildman–Crippen MR) is 124 cm³/mol. The number of nitrogens with two attached hydrogens (primary N) is 1. The second-order valence-corrected chi connectivity index (χ2v) is 7.25. The zero-order chi connectivity index (χ0) is 24.2. The fraction of sp³-hybridized carbons (Fsp3) is 0.261. The van der Waals surface area contributed by atoms with Crippen molar-refractivity contribution in [2.75, 3.05) is 11.9 Å². The molecule has 0 bridgehead atoms. The van der Waals surface area contributed by atoms with Crippen LogP contribution in [0.3, 0.4) is 0 Å². The maximum atomic E-state index is 12.5. The summed E-state index contributed by atoms with van der Waals surface area (Å²) < 4.78 is 39.1. The largest absolute Gasteiger partial charge is 1.00 e. The number of hydrogen-bond donors (Lipinski definition) is 4. The summed E-state index contributed by atoms with van der Waals surface area (Å²) in [7, 11) is 0. The van der Waals surface area contributed by atoms with Crippen LogP contribution in [0, 0.1) is 6.20 Å². The number of aliphatic hydroxyl groups excluding tert-OH is 1. The van der Waals surface area contributed by atoms with Crippen molar-refractivity contribution in [2.24, 2.45) is 5.73 Å². The number of amides is 1. The number of hydrogen-bond acceptors (Lipinski definition) is 6. The molecule has 8 nitrogen and oxygen atoms in total. The number of imidazole rings is 1. The summed E-state index contributed by atoms with van der Waals surface area (Å²) in [6.45, 7) is 1.64. The minimum atomic E-state index is -4.57. The van der Waals surface area contributed by atoms with Gasteiger partial charge in [0.25, 0.3) is 5.91 Å². The molecule has 1 amide bonds. The second-order valence-electron chi connectivity index (χ2n) is 7.25. The number of nitrogens with one attached hydrogen (secondary N) is 2. The molecule has 3 aromatic rings. The average Bonchev–Trinajstić information content (AvgIpc) is 3.17. The van der Waals surface area contributed by atoms with Gasteiger partial charge < -0.3 is 21.5 Å². The summed E-state index contributed by atoms with van der Waals surface area (Å²) in [4.78, 5) is 20.9. The molecule has 182 valence electrons. The van der Waals surface area contributed by atoms with Gasteiger partial charge in [-0.15, -0.1) is 12.3 Å². The van der Waals surface area contributed by atoms with Crippen molar-refractivity contribution < 1.29 is 74.5 Å². The van der Waals surface area contributed by atoms with Crippen LogP contribution < -0.4 is 67.8 Å². The molecule has 12 heteroatoms. The van der Waals surface area contributed by atoms with Crippen LogP contribution in [0.1, 0.15) is 43.4 Å². The Kier molecular flexibility index (Phi) is 11.6. The maximum absolute atomic E-state index is 12.5. The molecule has 0 aliphatic heterocycles. The summed E-state index contributed by atoms with van der Waals surface area (Å²) in [5.74, 6) is -0.778. The first kappa shape index (κ1) is 30.8. The predicted octanol–water partition coefficient (Wildman–Crippen LogP) is 0.997. The van der Waals surface area contributed by atoms with E-state index in [0.29, 0.717) is 16.7 Å². The normalized spacial score (nSPS) is 12.7. The van der Waals surface area contributed by atoms with Gasteiger partial charge in [0.05, 0.1) is 17.1 Å². The summed E-state index contributed by atoms with van der Waals surface area (Å²) in [5, 5.41) is 14.7. The van der Waals surface area contributed by atoms with E-state index < -0.39 is 24.7 Å². The van der Waals surface area contributed by atoms with Crippen LogP contribution in [-0.4, -0.2) is 38.3 Å². The van der Waals surface area contributed by atoms with Gasteiger partial charge in [0.15, 0.2) is 0 Å². The van der Waals surface area contributed by atoms with Crippen LogP contribution >= 0.6 is 0 Å². The fourth-order valence-corrected chi connectivity index (χ4v) is 2.95. The molecule has 0 saturated carbocycles. The van der Waals surface area contributed by atoms with Crippen molar-refractivity contribution in [2.45, 2.75) is 33.6 Å². The number of nitrogens with zero attached hydrogens (tertiary/aromatic N) is 3. The monoisotopic (exact) mass is 514 g/mol. The van der Waals surface area contributed by atoms with Gasteiger partial charge >= 0.3 is 57.6 Å². The van der Waals surface area contributed by atoms with Crippen LogP contribution in [0.4, 0.5) is 18.9 Å². The van der Waals surface area contributed by atoms with E-state index in [9.17, 15) is 23.1 Å². The maximum Gasteiger partial charge on any atom is 1.00 e. The van der Waals surface area contributed by atoms with Gasteiger partial charge in [-0.2, -0.15) is 19.2 Å². The van der Waals surface area contributed by atoms with Crippen molar-refractivity contribution in [1.82, 2.24) is 19.9 Å². The third-order valence-corrected chi connectivity index (χ3v) is 4.47. The Bertz CT molecular complexity index is 1220. The van der Waals surface area contributed by atoms with E-state index in [1.165, 1.54) is 19.3 Å². The molecule has 1 aromatic carbocycles.